The van der Waals surface area contributed by atoms with E-state index in [1.165, 1.54) is 21.7 Å². The van der Waals surface area contributed by atoms with Crippen LogP contribution in [0.25, 0.3) is 10.2 Å². The van der Waals surface area contributed by atoms with Crippen LogP contribution in [0.3, 0.4) is 0 Å². The molecule has 38 heavy (non-hydrogen) atoms. The zero-order valence-electron chi connectivity index (χ0n) is 22.0. The number of anilines is 1. The molecule has 0 atom stereocenters. The van der Waals surface area contributed by atoms with Gasteiger partial charge in [-0.15, -0.1) is 11.3 Å². The number of nitrogens with zero attached hydrogens (tertiary/aromatic N) is 5. The first kappa shape index (κ1) is 25.1. The van der Waals surface area contributed by atoms with Crippen LogP contribution in [-0.4, -0.2) is 65.7 Å². The molecule has 0 radical (unpaired) electrons. The lowest BCUT2D eigenvalue weighted by atomic mass is 10.0. The topological polar surface area (TPSA) is 53.8 Å². The normalized spacial score (nSPS) is 16.6. The van der Waals surface area contributed by atoms with E-state index in [4.69, 9.17) is 9.72 Å². The maximum absolute atomic E-state index is 13.5. The van der Waals surface area contributed by atoms with Crippen molar-refractivity contribution in [2.75, 3.05) is 51.3 Å². The third-order valence-electron chi connectivity index (χ3n) is 7.83. The van der Waals surface area contributed by atoms with E-state index >= 15 is 0 Å². The van der Waals surface area contributed by atoms with Gasteiger partial charge in [-0.1, -0.05) is 42.5 Å². The first-order valence-corrected chi connectivity index (χ1v) is 14.4. The lowest BCUT2D eigenvalue weighted by Gasteiger charge is -2.36. The Balaban J connectivity index is 1.06. The fourth-order valence-corrected chi connectivity index (χ4v) is 7.00. The molecule has 4 heterocycles. The van der Waals surface area contributed by atoms with Crippen LogP contribution in [0.4, 0.5) is 5.69 Å². The van der Waals surface area contributed by atoms with Crippen LogP contribution in [0.5, 0.6) is 5.75 Å². The minimum atomic E-state index is 0.130. The highest BCUT2D eigenvalue weighted by Gasteiger charge is 2.24. The van der Waals surface area contributed by atoms with Gasteiger partial charge >= 0.3 is 0 Å². The van der Waals surface area contributed by atoms with Gasteiger partial charge < -0.3 is 9.64 Å². The minimum absolute atomic E-state index is 0.130. The fraction of sp³-hybridized carbons (Fsp3) is 0.400. The Morgan fingerprint density at radius 2 is 1.71 bits per heavy atom. The van der Waals surface area contributed by atoms with Crippen LogP contribution in [0.15, 0.2) is 65.7 Å². The van der Waals surface area contributed by atoms with Crippen molar-refractivity contribution in [1.29, 1.82) is 0 Å². The van der Waals surface area contributed by atoms with E-state index in [0.29, 0.717) is 6.54 Å². The van der Waals surface area contributed by atoms with Gasteiger partial charge in [-0.25, -0.2) is 4.98 Å². The number of benzene rings is 2. The first-order valence-electron chi connectivity index (χ1n) is 13.6. The molecule has 4 aromatic rings. The summed E-state index contributed by atoms with van der Waals surface area (Å²) in [6.07, 6.45) is 3.62. The number of hydrogen-bond donors (Lipinski definition) is 0. The van der Waals surface area contributed by atoms with E-state index in [0.717, 1.165) is 81.2 Å². The molecule has 198 valence electrons. The molecule has 1 saturated heterocycles. The van der Waals surface area contributed by atoms with Crippen molar-refractivity contribution in [3.05, 3.63) is 87.3 Å². The van der Waals surface area contributed by atoms with Crippen molar-refractivity contribution in [3.8, 4) is 5.75 Å². The summed E-state index contributed by atoms with van der Waals surface area (Å²) in [5.74, 6) is 0.933. The molecular formula is C30H35N5O2S. The summed E-state index contributed by atoms with van der Waals surface area (Å²) >= 11 is 1.70. The predicted molar refractivity (Wildman–Crippen MR) is 154 cm³/mol. The van der Waals surface area contributed by atoms with Gasteiger partial charge in [0.25, 0.3) is 5.56 Å². The zero-order valence-corrected chi connectivity index (χ0v) is 22.8. The Morgan fingerprint density at radius 3 is 2.53 bits per heavy atom. The van der Waals surface area contributed by atoms with Gasteiger partial charge in [-0.05, 0) is 42.6 Å². The summed E-state index contributed by atoms with van der Waals surface area (Å²) in [7, 11) is 1.73. The van der Waals surface area contributed by atoms with Crippen molar-refractivity contribution in [2.24, 2.45) is 0 Å². The minimum Gasteiger partial charge on any atom is -0.495 e. The van der Waals surface area contributed by atoms with Crippen LogP contribution >= 0.6 is 11.3 Å². The van der Waals surface area contributed by atoms with Crippen molar-refractivity contribution in [2.45, 2.75) is 32.5 Å². The quantitative estimate of drug-likeness (QED) is 0.340. The highest BCUT2D eigenvalue weighted by Crippen LogP contribution is 2.33. The number of piperazine rings is 1. The second kappa shape index (κ2) is 11.3. The molecule has 0 unspecified atom stereocenters. The average Bonchev–Trinajstić information content (AvgIpc) is 3.34. The Bertz CT molecular complexity index is 1440. The third-order valence-corrected chi connectivity index (χ3v) is 8.95. The van der Waals surface area contributed by atoms with Crippen molar-refractivity contribution < 1.29 is 4.74 Å². The number of methoxy groups -OCH3 is 1. The summed E-state index contributed by atoms with van der Waals surface area (Å²) in [5.41, 5.74) is 3.86. The molecule has 0 amide bonds. The Morgan fingerprint density at radius 1 is 0.921 bits per heavy atom. The Labute approximate surface area is 227 Å². The fourth-order valence-electron chi connectivity index (χ4n) is 5.78. The zero-order chi connectivity index (χ0) is 25.9. The maximum atomic E-state index is 13.5. The van der Waals surface area contributed by atoms with Gasteiger partial charge in [-0.2, -0.15) is 0 Å². The lowest BCUT2D eigenvalue weighted by Crippen LogP contribution is -2.46. The van der Waals surface area contributed by atoms with E-state index in [2.05, 4.69) is 57.2 Å². The van der Waals surface area contributed by atoms with Crippen LogP contribution in [-0.2, 0) is 26.1 Å². The smallest absolute Gasteiger partial charge is 0.262 e. The summed E-state index contributed by atoms with van der Waals surface area (Å²) < 4.78 is 7.37. The average molecular weight is 530 g/mol. The van der Waals surface area contributed by atoms with E-state index < -0.39 is 0 Å². The number of aromatic nitrogens is 2. The molecule has 0 saturated carbocycles. The summed E-state index contributed by atoms with van der Waals surface area (Å²) in [4.78, 5) is 27.7. The van der Waals surface area contributed by atoms with Gasteiger partial charge in [0.1, 0.15) is 10.6 Å². The van der Waals surface area contributed by atoms with Gasteiger partial charge in [0.05, 0.1) is 24.5 Å². The van der Waals surface area contributed by atoms with Crippen molar-refractivity contribution in [1.82, 2.24) is 19.4 Å². The molecule has 8 heteroatoms. The molecule has 2 aliphatic rings. The second-order valence-electron chi connectivity index (χ2n) is 10.2. The maximum Gasteiger partial charge on any atom is 0.262 e. The number of aryl methyl sites for hydroxylation is 1. The standard InChI is InChI=1S/C30H35N5O2S/c1-37-26-11-6-5-10-25(26)34-18-16-32(17-19-34)13-7-14-35-22-31-29-28(30(35)36)24-12-15-33(21-27(24)38-29)20-23-8-3-2-4-9-23/h2-6,8-11,22H,7,12-21H2,1H3. The van der Waals surface area contributed by atoms with Crippen LogP contribution in [0.2, 0.25) is 0 Å². The highest BCUT2D eigenvalue weighted by molar-refractivity contribution is 7.18. The van der Waals surface area contributed by atoms with Crippen LogP contribution in [0.1, 0.15) is 22.4 Å². The number of para-hydroxylation sites is 2. The molecule has 0 aliphatic carbocycles. The molecule has 7 nitrogen and oxygen atoms in total. The Hall–Kier alpha value is -3.20. The van der Waals surface area contributed by atoms with E-state index in [-0.39, 0.29) is 5.56 Å². The van der Waals surface area contributed by atoms with Crippen LogP contribution < -0.4 is 15.2 Å². The largest absolute Gasteiger partial charge is 0.495 e. The third kappa shape index (κ3) is 5.21. The predicted octanol–water partition coefficient (Wildman–Crippen LogP) is 4.24. The monoisotopic (exact) mass is 529 g/mol. The molecule has 0 spiro atoms. The SMILES string of the molecule is COc1ccccc1N1CCN(CCCn2cnc3sc4c(c3c2=O)CCN(Cc2ccccc2)C4)CC1. The second-order valence-corrected chi connectivity index (χ2v) is 11.3. The van der Waals surface area contributed by atoms with Gasteiger partial charge in [0.2, 0.25) is 0 Å². The molecule has 2 aromatic carbocycles. The van der Waals surface area contributed by atoms with E-state index in [1.807, 2.05) is 16.7 Å². The molecule has 2 aromatic heterocycles. The summed E-state index contributed by atoms with van der Waals surface area (Å²) in [5, 5.41) is 0.859. The van der Waals surface area contributed by atoms with Gasteiger partial charge in [-0.3, -0.25) is 19.2 Å². The molecule has 6 rings (SSSR count). The summed E-state index contributed by atoms with van der Waals surface area (Å²) in [6, 6.07) is 18.9. The molecule has 1 fully saturated rings. The van der Waals surface area contributed by atoms with Gasteiger partial charge in [0.15, 0.2) is 0 Å². The summed E-state index contributed by atoms with van der Waals surface area (Å²) in [6.45, 7) is 8.50. The number of rotatable bonds is 8. The number of fused-ring (bicyclic) bond motifs is 3. The Kier molecular flexibility index (Phi) is 7.44. The first-order chi connectivity index (χ1) is 18.7. The van der Waals surface area contributed by atoms with Gasteiger partial charge in [0, 0.05) is 57.2 Å². The van der Waals surface area contributed by atoms with Crippen LogP contribution in [0, 0.1) is 0 Å². The van der Waals surface area contributed by atoms with Crippen molar-refractivity contribution >= 4 is 27.2 Å². The molecular weight excluding hydrogens is 494 g/mol. The lowest BCUT2D eigenvalue weighted by molar-refractivity contribution is 0.249. The number of hydrogen-bond acceptors (Lipinski definition) is 7. The number of ether oxygens (including phenoxy) is 1. The van der Waals surface area contributed by atoms with Crippen molar-refractivity contribution in [3.63, 3.8) is 0 Å². The molecule has 2 aliphatic heterocycles. The molecule has 0 bridgehead atoms. The van der Waals surface area contributed by atoms with E-state index in [9.17, 15) is 4.79 Å². The highest BCUT2D eigenvalue weighted by atomic mass is 32.1. The molecule has 0 N–H and O–H groups in total. The number of thiophene rings is 1. The van der Waals surface area contributed by atoms with E-state index in [1.54, 1.807) is 24.8 Å².